The van der Waals surface area contributed by atoms with Crippen molar-refractivity contribution in [2.45, 2.75) is 0 Å². The van der Waals surface area contributed by atoms with E-state index in [9.17, 15) is 14.4 Å². The molecule has 1 N–H and O–H groups in total. The predicted molar refractivity (Wildman–Crippen MR) is 117 cm³/mol. The van der Waals surface area contributed by atoms with E-state index in [0.29, 0.717) is 10.7 Å². The van der Waals surface area contributed by atoms with Crippen molar-refractivity contribution in [3.05, 3.63) is 35.7 Å². The van der Waals surface area contributed by atoms with Crippen molar-refractivity contribution in [2.75, 3.05) is 43.7 Å². The summed E-state index contributed by atoms with van der Waals surface area (Å²) in [6.45, 7) is 0.198. The average molecular weight is 433 g/mol. The number of benzene rings is 1. The van der Waals surface area contributed by atoms with Crippen molar-refractivity contribution in [1.29, 1.82) is 0 Å². The van der Waals surface area contributed by atoms with Crippen LogP contribution in [0, 0.1) is 0 Å². The van der Waals surface area contributed by atoms with E-state index < -0.39 is 6.09 Å². The Morgan fingerprint density at radius 2 is 2.00 bits per heavy atom. The lowest BCUT2D eigenvalue weighted by Gasteiger charge is -2.19. The van der Waals surface area contributed by atoms with Crippen LogP contribution in [-0.4, -0.2) is 61.5 Å². The van der Waals surface area contributed by atoms with Gasteiger partial charge in [-0.2, -0.15) is 4.99 Å². The third-order valence-electron chi connectivity index (χ3n) is 3.91. The van der Waals surface area contributed by atoms with Crippen LogP contribution in [0.25, 0.3) is 11.1 Å². The maximum Gasteiger partial charge on any atom is 0.435 e. The molecule has 1 aromatic heterocycles. The van der Waals surface area contributed by atoms with Crippen molar-refractivity contribution in [3.8, 4) is 11.1 Å². The molecule has 3 rings (SSSR count). The number of thiophene rings is 1. The van der Waals surface area contributed by atoms with Gasteiger partial charge < -0.3 is 15.0 Å². The lowest BCUT2D eigenvalue weighted by atomic mass is 10.1. The Morgan fingerprint density at radius 3 is 2.66 bits per heavy atom. The number of anilines is 2. The van der Waals surface area contributed by atoms with Crippen LogP contribution in [0.1, 0.15) is 0 Å². The number of aliphatic imine (C=N–C) groups is 1. The van der Waals surface area contributed by atoms with Gasteiger partial charge in [0.05, 0.1) is 25.1 Å². The summed E-state index contributed by atoms with van der Waals surface area (Å²) in [5.74, 6) is -0.287. The first-order valence-electron chi connectivity index (χ1n) is 8.64. The number of likely N-dealkylation sites (N-methyl/N-ethyl adjacent to an activating group) is 1. The summed E-state index contributed by atoms with van der Waals surface area (Å²) in [5.41, 5.74) is 2.16. The zero-order chi connectivity index (χ0) is 21.0. The zero-order valence-electron chi connectivity index (χ0n) is 16.2. The number of amidine groups is 1. The third-order valence-corrected chi connectivity index (χ3v) is 5.72. The van der Waals surface area contributed by atoms with Crippen molar-refractivity contribution in [2.24, 2.45) is 4.99 Å². The molecule has 1 aromatic carbocycles. The fourth-order valence-corrected chi connectivity index (χ4v) is 4.54. The molecule has 0 unspecified atom stereocenters. The molecule has 0 aliphatic carbocycles. The number of carbonyl (C=O) groups excluding carboxylic acids is 3. The average Bonchev–Trinajstić information content (AvgIpc) is 3.24. The summed E-state index contributed by atoms with van der Waals surface area (Å²) in [7, 11) is 4.82. The minimum atomic E-state index is -0.790. The number of nitrogens with one attached hydrogen (secondary N) is 1. The third kappa shape index (κ3) is 4.84. The number of methoxy groups -OCH3 is 1. The second-order valence-corrected chi connectivity index (χ2v) is 8.18. The van der Waals surface area contributed by atoms with Crippen LogP contribution in [0.5, 0.6) is 0 Å². The molecule has 1 aliphatic rings. The number of ether oxygens (including phenoxy) is 1. The molecule has 0 saturated carbocycles. The topological polar surface area (TPSA) is 91.3 Å². The number of hydrogen-bond donors (Lipinski definition) is 1. The molecule has 8 nitrogen and oxygen atoms in total. The molecule has 0 spiro atoms. The van der Waals surface area contributed by atoms with E-state index >= 15 is 0 Å². The molecular weight excluding hydrogens is 412 g/mol. The molecule has 10 heteroatoms. The second kappa shape index (κ2) is 9.21. The zero-order valence-corrected chi connectivity index (χ0v) is 17.8. The van der Waals surface area contributed by atoms with Gasteiger partial charge in [0.25, 0.3) is 0 Å². The number of hydrogen-bond acceptors (Lipinski definition) is 7. The van der Waals surface area contributed by atoms with Crippen LogP contribution in [-0.2, 0) is 14.3 Å². The Kier molecular flexibility index (Phi) is 6.68. The molecule has 2 heterocycles. The van der Waals surface area contributed by atoms with Crippen LogP contribution in [0.15, 0.2) is 40.7 Å². The first-order valence-corrected chi connectivity index (χ1v) is 10.5. The summed E-state index contributed by atoms with van der Waals surface area (Å²) in [5, 5.41) is 5.50. The Labute approximate surface area is 176 Å². The van der Waals surface area contributed by atoms with E-state index in [4.69, 9.17) is 0 Å². The highest BCUT2D eigenvalue weighted by atomic mass is 32.2. The standard InChI is InChI=1S/C19H20N4O4S2/c1-22(2)9-14(24)20-17-16(13(10-28-17)12-7-5-4-6-8-12)23-15(25)11-29-18(23)21-19(26)27-3/h4-8,10H,9,11H2,1-3H3,(H,20,24). The molecule has 1 aliphatic heterocycles. The minimum absolute atomic E-state index is 0.144. The van der Waals surface area contributed by atoms with E-state index in [-0.39, 0.29) is 29.3 Å². The van der Waals surface area contributed by atoms with Gasteiger partial charge in [0.2, 0.25) is 11.8 Å². The molecule has 152 valence electrons. The molecule has 0 atom stereocenters. The van der Waals surface area contributed by atoms with Gasteiger partial charge in [0, 0.05) is 10.9 Å². The molecule has 3 amide bonds. The van der Waals surface area contributed by atoms with Crippen LogP contribution in [0.2, 0.25) is 0 Å². The van der Waals surface area contributed by atoms with Crippen molar-refractivity contribution in [1.82, 2.24) is 4.90 Å². The Morgan fingerprint density at radius 1 is 1.28 bits per heavy atom. The van der Waals surface area contributed by atoms with Gasteiger partial charge in [-0.05, 0) is 19.7 Å². The molecule has 1 saturated heterocycles. The van der Waals surface area contributed by atoms with Crippen molar-refractivity contribution in [3.63, 3.8) is 0 Å². The van der Waals surface area contributed by atoms with Gasteiger partial charge in [-0.1, -0.05) is 42.1 Å². The molecule has 1 fully saturated rings. The first-order chi connectivity index (χ1) is 13.9. The largest absolute Gasteiger partial charge is 0.451 e. The Bertz CT molecular complexity index is 956. The molecule has 29 heavy (non-hydrogen) atoms. The summed E-state index contributed by atoms with van der Waals surface area (Å²) >= 11 is 2.47. The fraction of sp³-hybridized carbons (Fsp3) is 0.263. The summed E-state index contributed by atoms with van der Waals surface area (Å²) in [4.78, 5) is 43.8. The molecular formula is C19H20N4O4S2. The molecule has 0 bridgehead atoms. The highest BCUT2D eigenvalue weighted by Gasteiger charge is 2.35. The van der Waals surface area contributed by atoms with Gasteiger partial charge in [-0.3, -0.25) is 14.5 Å². The Balaban J connectivity index is 2.09. The van der Waals surface area contributed by atoms with E-state index in [2.05, 4.69) is 15.0 Å². The van der Waals surface area contributed by atoms with Crippen molar-refractivity contribution < 1.29 is 19.1 Å². The monoisotopic (exact) mass is 432 g/mol. The SMILES string of the molecule is COC(=O)N=C1SCC(=O)N1c1c(-c2ccccc2)csc1NC(=O)CN(C)C. The maximum absolute atomic E-state index is 12.7. The normalized spacial score (nSPS) is 15.2. The highest BCUT2D eigenvalue weighted by Crippen LogP contribution is 2.45. The van der Waals surface area contributed by atoms with E-state index in [1.54, 1.807) is 19.0 Å². The lowest BCUT2D eigenvalue weighted by Crippen LogP contribution is -2.32. The van der Waals surface area contributed by atoms with Crippen molar-refractivity contribution >= 4 is 56.9 Å². The fourth-order valence-electron chi connectivity index (χ4n) is 2.73. The van der Waals surface area contributed by atoms with E-state index in [1.807, 2.05) is 35.7 Å². The molecule has 0 radical (unpaired) electrons. The Hall–Kier alpha value is -2.69. The first kappa shape index (κ1) is 21.0. The number of amides is 3. The maximum atomic E-state index is 12.7. The van der Waals surface area contributed by atoms with Gasteiger partial charge in [-0.25, -0.2) is 4.79 Å². The number of rotatable bonds is 5. The van der Waals surface area contributed by atoms with Gasteiger partial charge >= 0.3 is 6.09 Å². The summed E-state index contributed by atoms with van der Waals surface area (Å²) in [6.07, 6.45) is -0.790. The van der Waals surface area contributed by atoms with E-state index in [0.717, 1.165) is 22.9 Å². The van der Waals surface area contributed by atoms with Crippen LogP contribution in [0.3, 0.4) is 0 Å². The lowest BCUT2D eigenvalue weighted by molar-refractivity contribution is -0.117. The van der Waals surface area contributed by atoms with Gasteiger partial charge in [0.1, 0.15) is 5.00 Å². The van der Waals surface area contributed by atoms with Crippen LogP contribution in [0.4, 0.5) is 15.5 Å². The minimum Gasteiger partial charge on any atom is -0.451 e. The number of thioether (sulfide) groups is 1. The second-order valence-electron chi connectivity index (χ2n) is 6.36. The highest BCUT2D eigenvalue weighted by molar-refractivity contribution is 8.15. The van der Waals surface area contributed by atoms with Gasteiger partial charge in [-0.15, -0.1) is 11.3 Å². The van der Waals surface area contributed by atoms with E-state index in [1.165, 1.54) is 23.3 Å². The predicted octanol–water partition coefficient (Wildman–Crippen LogP) is 3.12. The number of nitrogens with zero attached hydrogens (tertiary/aromatic N) is 3. The smallest absolute Gasteiger partial charge is 0.435 e. The quantitative estimate of drug-likeness (QED) is 0.781. The van der Waals surface area contributed by atoms with Gasteiger partial charge in [0.15, 0.2) is 5.17 Å². The summed E-state index contributed by atoms with van der Waals surface area (Å²) in [6, 6.07) is 9.52. The summed E-state index contributed by atoms with van der Waals surface area (Å²) < 4.78 is 4.62. The molecule has 2 aromatic rings. The number of carbonyl (C=O) groups is 3. The van der Waals surface area contributed by atoms with Crippen LogP contribution >= 0.6 is 23.1 Å². The van der Waals surface area contributed by atoms with Crippen LogP contribution < -0.4 is 10.2 Å².